The van der Waals surface area contributed by atoms with Crippen molar-refractivity contribution in [2.75, 3.05) is 18.4 Å². The lowest BCUT2D eigenvalue weighted by molar-refractivity contribution is -0.120. The van der Waals surface area contributed by atoms with E-state index in [4.69, 9.17) is 0 Å². The van der Waals surface area contributed by atoms with Crippen LogP contribution < -0.4 is 10.6 Å². The van der Waals surface area contributed by atoms with Crippen LogP contribution in [0.1, 0.15) is 49.2 Å². The fraction of sp³-hybridized carbons (Fsp3) is 0.318. The van der Waals surface area contributed by atoms with Gasteiger partial charge in [-0.2, -0.15) is 0 Å². The molecule has 2 aromatic carbocycles. The van der Waals surface area contributed by atoms with Crippen LogP contribution in [0.2, 0.25) is 0 Å². The van der Waals surface area contributed by atoms with Crippen LogP contribution in [0.25, 0.3) is 0 Å². The number of nitrogens with one attached hydrogen (secondary N) is 2. The van der Waals surface area contributed by atoms with Gasteiger partial charge in [-0.3, -0.25) is 14.4 Å². The summed E-state index contributed by atoms with van der Waals surface area (Å²) >= 11 is 0. The second-order valence-corrected chi connectivity index (χ2v) is 6.47. The van der Waals surface area contributed by atoms with Gasteiger partial charge in [0, 0.05) is 31.3 Å². The molecule has 0 bridgehead atoms. The molecule has 0 aliphatic rings. The van der Waals surface area contributed by atoms with E-state index in [1.807, 2.05) is 44.2 Å². The summed E-state index contributed by atoms with van der Waals surface area (Å²) in [7, 11) is 0. The van der Waals surface area contributed by atoms with Crippen molar-refractivity contribution in [2.45, 2.75) is 33.2 Å². The molecule has 0 spiro atoms. The number of carbonyl (C=O) groups is 3. The third-order valence-electron chi connectivity index (χ3n) is 4.44. The zero-order valence-corrected chi connectivity index (χ0v) is 16.6. The number of anilines is 1. The van der Waals surface area contributed by atoms with E-state index >= 15 is 0 Å². The lowest BCUT2D eigenvalue weighted by Gasteiger charge is -2.19. The minimum absolute atomic E-state index is 0.0299. The van der Waals surface area contributed by atoms with Crippen molar-refractivity contribution in [2.24, 2.45) is 0 Å². The first-order valence-electron chi connectivity index (χ1n) is 9.45. The van der Waals surface area contributed by atoms with Crippen molar-refractivity contribution in [3.05, 3.63) is 65.7 Å². The molecule has 148 valence electrons. The highest BCUT2D eigenvalue weighted by atomic mass is 16.2. The van der Waals surface area contributed by atoms with E-state index in [1.54, 1.807) is 29.2 Å². The molecule has 2 rings (SSSR count). The zero-order chi connectivity index (χ0) is 20.5. The first kappa shape index (κ1) is 21.2. The van der Waals surface area contributed by atoms with Crippen molar-refractivity contribution >= 4 is 23.4 Å². The Labute approximate surface area is 165 Å². The summed E-state index contributed by atoms with van der Waals surface area (Å²) in [5, 5.41) is 5.64. The fourth-order valence-corrected chi connectivity index (χ4v) is 2.97. The van der Waals surface area contributed by atoms with E-state index in [0.29, 0.717) is 24.3 Å². The zero-order valence-electron chi connectivity index (χ0n) is 16.6. The minimum Gasteiger partial charge on any atom is -0.349 e. The summed E-state index contributed by atoms with van der Waals surface area (Å²) < 4.78 is 0. The van der Waals surface area contributed by atoms with Gasteiger partial charge in [0.25, 0.3) is 5.91 Å². The molecule has 2 aromatic rings. The molecular formula is C22H27N3O3. The molecule has 6 heteroatoms. The second-order valence-electron chi connectivity index (χ2n) is 6.47. The lowest BCUT2D eigenvalue weighted by atomic mass is 10.0. The largest absolute Gasteiger partial charge is 0.349 e. The van der Waals surface area contributed by atoms with Gasteiger partial charge in [0.05, 0.1) is 12.5 Å². The van der Waals surface area contributed by atoms with Crippen molar-refractivity contribution in [3.8, 4) is 0 Å². The topological polar surface area (TPSA) is 78.5 Å². The first-order valence-corrected chi connectivity index (χ1v) is 9.45. The summed E-state index contributed by atoms with van der Waals surface area (Å²) in [5.41, 5.74) is 2.06. The van der Waals surface area contributed by atoms with Gasteiger partial charge in [0.1, 0.15) is 0 Å². The highest BCUT2D eigenvalue weighted by molar-refractivity contribution is 5.96. The van der Waals surface area contributed by atoms with Gasteiger partial charge in [-0.05, 0) is 43.7 Å². The number of carbonyl (C=O) groups excluding carboxylic acids is 3. The third-order valence-corrected chi connectivity index (χ3v) is 4.44. The molecule has 0 heterocycles. The average molecular weight is 381 g/mol. The van der Waals surface area contributed by atoms with E-state index in [2.05, 4.69) is 10.6 Å². The summed E-state index contributed by atoms with van der Waals surface area (Å²) in [6.45, 7) is 6.61. The van der Waals surface area contributed by atoms with E-state index in [0.717, 1.165) is 5.56 Å². The van der Waals surface area contributed by atoms with Crippen LogP contribution in [-0.4, -0.2) is 35.7 Å². The number of hydrogen-bond acceptors (Lipinski definition) is 3. The maximum Gasteiger partial charge on any atom is 0.253 e. The van der Waals surface area contributed by atoms with Crippen LogP contribution in [0.5, 0.6) is 0 Å². The van der Waals surface area contributed by atoms with Crippen LogP contribution in [0.15, 0.2) is 54.6 Å². The smallest absolute Gasteiger partial charge is 0.253 e. The van der Waals surface area contributed by atoms with E-state index in [9.17, 15) is 14.4 Å². The maximum absolute atomic E-state index is 12.5. The van der Waals surface area contributed by atoms with Gasteiger partial charge in [-0.25, -0.2) is 0 Å². The Hall–Kier alpha value is -3.15. The summed E-state index contributed by atoms with van der Waals surface area (Å²) in [4.78, 5) is 38.0. The Balaban J connectivity index is 2.03. The monoisotopic (exact) mass is 381 g/mol. The molecule has 0 aliphatic heterocycles. The van der Waals surface area contributed by atoms with Crippen molar-refractivity contribution in [1.29, 1.82) is 0 Å². The number of hydrogen-bond donors (Lipinski definition) is 2. The number of amides is 3. The predicted molar refractivity (Wildman–Crippen MR) is 110 cm³/mol. The number of benzene rings is 2. The molecule has 0 fully saturated rings. The van der Waals surface area contributed by atoms with Crippen molar-refractivity contribution in [3.63, 3.8) is 0 Å². The molecule has 0 aromatic heterocycles. The Kier molecular flexibility index (Phi) is 7.75. The van der Waals surface area contributed by atoms with Crippen LogP contribution in [0.4, 0.5) is 5.69 Å². The summed E-state index contributed by atoms with van der Waals surface area (Å²) in [6.07, 6.45) is 0.115. The Morgan fingerprint density at radius 2 is 1.54 bits per heavy atom. The minimum atomic E-state index is -0.401. The second kappa shape index (κ2) is 10.3. The van der Waals surface area contributed by atoms with E-state index in [1.165, 1.54) is 6.92 Å². The van der Waals surface area contributed by atoms with Crippen LogP contribution >= 0.6 is 0 Å². The van der Waals surface area contributed by atoms with Crippen LogP contribution in [-0.2, 0) is 9.59 Å². The molecule has 3 amide bonds. The maximum atomic E-state index is 12.5. The Morgan fingerprint density at radius 3 is 2.07 bits per heavy atom. The Morgan fingerprint density at radius 1 is 0.929 bits per heavy atom. The molecule has 0 saturated carbocycles. The summed E-state index contributed by atoms with van der Waals surface area (Å²) in [6, 6.07) is 15.8. The van der Waals surface area contributed by atoms with Gasteiger partial charge < -0.3 is 15.5 Å². The van der Waals surface area contributed by atoms with Crippen molar-refractivity contribution < 1.29 is 14.4 Å². The standard InChI is InChI=1S/C22H27N3O3/c1-4-25(5-2)22(28)18-11-13-19(14-12-18)24-21(27)15-20(23-16(3)26)17-9-7-6-8-10-17/h6-14,20H,4-5,15H2,1-3H3,(H,23,26)(H,24,27). The average Bonchev–Trinajstić information content (AvgIpc) is 2.69. The van der Waals surface area contributed by atoms with Gasteiger partial charge in [0.2, 0.25) is 11.8 Å². The number of nitrogens with zero attached hydrogens (tertiary/aromatic N) is 1. The molecule has 28 heavy (non-hydrogen) atoms. The lowest BCUT2D eigenvalue weighted by Crippen LogP contribution is -2.30. The van der Waals surface area contributed by atoms with Gasteiger partial charge in [-0.15, -0.1) is 0 Å². The van der Waals surface area contributed by atoms with Crippen LogP contribution in [0.3, 0.4) is 0 Å². The Bertz CT molecular complexity index is 800. The molecule has 0 saturated heterocycles. The highest BCUT2D eigenvalue weighted by Crippen LogP contribution is 2.18. The first-order chi connectivity index (χ1) is 13.4. The molecule has 6 nitrogen and oxygen atoms in total. The SMILES string of the molecule is CCN(CC)C(=O)c1ccc(NC(=O)CC(NC(C)=O)c2ccccc2)cc1. The number of rotatable bonds is 8. The van der Waals surface area contributed by atoms with Gasteiger partial charge >= 0.3 is 0 Å². The molecule has 1 unspecified atom stereocenters. The molecule has 0 aliphatic carbocycles. The predicted octanol–water partition coefficient (Wildman–Crippen LogP) is 3.37. The van der Waals surface area contributed by atoms with E-state index in [-0.39, 0.29) is 24.1 Å². The molecular weight excluding hydrogens is 354 g/mol. The van der Waals surface area contributed by atoms with Gasteiger partial charge in [0.15, 0.2) is 0 Å². The summed E-state index contributed by atoms with van der Waals surface area (Å²) in [5.74, 6) is -0.441. The van der Waals surface area contributed by atoms with Crippen LogP contribution in [0, 0.1) is 0 Å². The van der Waals surface area contributed by atoms with Gasteiger partial charge in [-0.1, -0.05) is 30.3 Å². The fourth-order valence-electron chi connectivity index (χ4n) is 2.97. The quantitative estimate of drug-likeness (QED) is 0.736. The van der Waals surface area contributed by atoms with E-state index < -0.39 is 6.04 Å². The normalized spacial score (nSPS) is 11.4. The van der Waals surface area contributed by atoms with Crippen molar-refractivity contribution in [1.82, 2.24) is 10.2 Å². The molecule has 0 radical (unpaired) electrons. The molecule has 1 atom stereocenters. The molecule has 2 N–H and O–H groups in total. The third kappa shape index (κ3) is 5.94. The highest BCUT2D eigenvalue weighted by Gasteiger charge is 2.17.